The Hall–Kier alpha value is -1.14. The number of primary amides is 1. The van der Waals surface area contributed by atoms with Gasteiger partial charge in [-0.05, 0) is 26.3 Å². The van der Waals surface area contributed by atoms with Crippen LogP contribution in [0.5, 0.6) is 0 Å². The van der Waals surface area contributed by atoms with Crippen LogP contribution in [0.25, 0.3) is 0 Å². The summed E-state index contributed by atoms with van der Waals surface area (Å²) < 4.78 is 0. The molecule has 6 N–H and O–H groups in total. The number of carbonyl (C=O) groups is 2. The molecular weight excluding hydrogens is 186 g/mol. The summed E-state index contributed by atoms with van der Waals surface area (Å²) in [6.45, 7) is 0. The third-order valence-corrected chi connectivity index (χ3v) is 2.02. The van der Waals surface area contributed by atoms with Crippen LogP contribution in [-0.4, -0.2) is 36.1 Å². The van der Waals surface area contributed by atoms with Crippen LogP contribution in [0.15, 0.2) is 0 Å². The molecule has 2 unspecified atom stereocenters. The average molecular weight is 203 g/mol. The molecule has 0 aliphatic rings. The fourth-order valence-corrected chi connectivity index (χ4v) is 1.09. The van der Waals surface area contributed by atoms with Gasteiger partial charge in [-0.2, -0.15) is 0 Å². The van der Waals surface area contributed by atoms with Crippen molar-refractivity contribution in [2.24, 2.45) is 11.5 Å². The number of hydrogen-bond donors (Lipinski definition) is 4. The molecule has 0 fully saturated rings. The molecule has 1 amide bonds. The van der Waals surface area contributed by atoms with E-state index in [1.807, 2.05) is 0 Å². The Morgan fingerprint density at radius 3 is 2.36 bits per heavy atom. The van der Waals surface area contributed by atoms with Gasteiger partial charge >= 0.3 is 5.97 Å². The molecule has 0 aliphatic heterocycles. The van der Waals surface area contributed by atoms with Crippen LogP contribution in [0.1, 0.15) is 19.3 Å². The molecule has 0 aromatic heterocycles. The Kier molecular flexibility index (Phi) is 5.82. The highest BCUT2D eigenvalue weighted by Gasteiger charge is 2.15. The molecule has 0 spiro atoms. The Bertz CT molecular complexity index is 208. The quantitative estimate of drug-likeness (QED) is 0.407. The zero-order valence-electron chi connectivity index (χ0n) is 8.19. The van der Waals surface area contributed by atoms with Gasteiger partial charge in [-0.25, -0.2) is 0 Å². The monoisotopic (exact) mass is 203 g/mol. The number of aliphatic carboxylic acids is 1. The molecule has 0 saturated carbocycles. The van der Waals surface area contributed by atoms with Crippen LogP contribution < -0.4 is 16.8 Å². The number of likely N-dealkylation sites (N-methyl/N-ethyl adjacent to an activating group) is 1. The summed E-state index contributed by atoms with van der Waals surface area (Å²) >= 11 is 0. The van der Waals surface area contributed by atoms with Crippen molar-refractivity contribution in [1.29, 1.82) is 0 Å². The number of nitrogens with one attached hydrogen (secondary N) is 1. The molecule has 0 radical (unpaired) electrons. The van der Waals surface area contributed by atoms with Gasteiger partial charge in [0.05, 0.1) is 6.04 Å². The smallest absolute Gasteiger partial charge is 0.320 e. The summed E-state index contributed by atoms with van der Waals surface area (Å²) in [5.41, 5.74) is 10.4. The van der Waals surface area contributed by atoms with E-state index in [4.69, 9.17) is 16.6 Å². The van der Waals surface area contributed by atoms with Crippen molar-refractivity contribution in [3.63, 3.8) is 0 Å². The minimum absolute atomic E-state index is 0.348. The van der Waals surface area contributed by atoms with Crippen LogP contribution >= 0.6 is 0 Å². The van der Waals surface area contributed by atoms with Crippen molar-refractivity contribution in [3.8, 4) is 0 Å². The lowest BCUT2D eigenvalue weighted by molar-refractivity contribution is -0.138. The zero-order valence-corrected chi connectivity index (χ0v) is 8.19. The predicted molar refractivity (Wildman–Crippen MR) is 51.5 cm³/mol. The number of carbonyl (C=O) groups excluding carboxylic acids is 1. The van der Waals surface area contributed by atoms with E-state index < -0.39 is 24.0 Å². The first kappa shape index (κ1) is 12.9. The van der Waals surface area contributed by atoms with Gasteiger partial charge in [0, 0.05) is 0 Å². The number of carboxylic acids is 1. The van der Waals surface area contributed by atoms with Crippen LogP contribution in [0.2, 0.25) is 0 Å². The molecular formula is C8H17N3O3. The van der Waals surface area contributed by atoms with E-state index in [9.17, 15) is 9.59 Å². The van der Waals surface area contributed by atoms with Crippen molar-refractivity contribution < 1.29 is 14.7 Å². The maximum atomic E-state index is 10.8. The first-order valence-corrected chi connectivity index (χ1v) is 4.44. The van der Waals surface area contributed by atoms with Crippen molar-refractivity contribution in [2.75, 3.05) is 7.05 Å². The van der Waals surface area contributed by atoms with Crippen LogP contribution in [0, 0.1) is 0 Å². The van der Waals surface area contributed by atoms with E-state index in [0.717, 1.165) is 0 Å². The van der Waals surface area contributed by atoms with E-state index in [1.165, 1.54) is 0 Å². The second-order valence-electron chi connectivity index (χ2n) is 3.12. The highest BCUT2D eigenvalue weighted by molar-refractivity contribution is 5.79. The predicted octanol–water partition coefficient (Wildman–Crippen LogP) is -1.36. The van der Waals surface area contributed by atoms with E-state index in [2.05, 4.69) is 5.32 Å². The molecule has 0 aromatic carbocycles. The summed E-state index contributed by atoms with van der Waals surface area (Å²) in [6.07, 6.45) is 1.41. The number of amides is 1. The molecule has 6 heteroatoms. The van der Waals surface area contributed by atoms with Crippen molar-refractivity contribution in [2.45, 2.75) is 31.3 Å². The SMILES string of the molecule is CNC(CCCC(N)C(=O)O)C(N)=O. The Morgan fingerprint density at radius 2 is 2.00 bits per heavy atom. The van der Waals surface area contributed by atoms with Gasteiger partial charge in [-0.15, -0.1) is 0 Å². The lowest BCUT2D eigenvalue weighted by atomic mass is 10.1. The highest BCUT2D eigenvalue weighted by Crippen LogP contribution is 2.02. The van der Waals surface area contributed by atoms with Crippen LogP contribution in [0.4, 0.5) is 0 Å². The second kappa shape index (κ2) is 6.33. The van der Waals surface area contributed by atoms with Crippen molar-refractivity contribution in [3.05, 3.63) is 0 Å². The molecule has 0 saturated heterocycles. The van der Waals surface area contributed by atoms with Crippen LogP contribution in [0.3, 0.4) is 0 Å². The third kappa shape index (κ3) is 4.78. The minimum atomic E-state index is -1.02. The van der Waals surface area contributed by atoms with Gasteiger partial charge in [0.15, 0.2) is 0 Å². The second-order valence-corrected chi connectivity index (χ2v) is 3.12. The van der Waals surface area contributed by atoms with Crippen molar-refractivity contribution >= 4 is 11.9 Å². The number of carboxylic acid groups (broad SMARTS) is 1. The molecule has 0 aromatic rings. The summed E-state index contributed by atoms with van der Waals surface area (Å²) in [5.74, 6) is -1.46. The standard InChI is InChI=1S/C8H17N3O3/c1-11-6(7(10)12)4-2-3-5(9)8(13)14/h5-6,11H,2-4,9H2,1H3,(H2,10,12)(H,13,14). The van der Waals surface area contributed by atoms with E-state index >= 15 is 0 Å². The van der Waals surface area contributed by atoms with E-state index in [-0.39, 0.29) is 0 Å². The van der Waals surface area contributed by atoms with Gasteiger partial charge < -0.3 is 21.9 Å². The summed E-state index contributed by atoms with van der Waals surface area (Å²) in [7, 11) is 1.63. The molecule has 2 atom stereocenters. The maximum absolute atomic E-state index is 10.8. The molecule has 0 aliphatic carbocycles. The first-order valence-electron chi connectivity index (χ1n) is 4.44. The van der Waals surface area contributed by atoms with E-state index in [1.54, 1.807) is 7.05 Å². The van der Waals surface area contributed by atoms with Crippen LogP contribution in [-0.2, 0) is 9.59 Å². The lowest BCUT2D eigenvalue weighted by Gasteiger charge is -2.12. The molecule has 6 nitrogen and oxygen atoms in total. The van der Waals surface area contributed by atoms with Crippen molar-refractivity contribution in [1.82, 2.24) is 5.32 Å². The number of hydrogen-bond acceptors (Lipinski definition) is 4. The molecule has 82 valence electrons. The number of rotatable bonds is 7. The van der Waals surface area contributed by atoms with Gasteiger partial charge in [0.1, 0.15) is 6.04 Å². The molecule has 14 heavy (non-hydrogen) atoms. The molecule has 0 rings (SSSR count). The Morgan fingerprint density at radius 1 is 1.43 bits per heavy atom. The Balaban J connectivity index is 3.71. The lowest BCUT2D eigenvalue weighted by Crippen LogP contribution is -2.39. The molecule has 0 bridgehead atoms. The largest absolute Gasteiger partial charge is 0.480 e. The third-order valence-electron chi connectivity index (χ3n) is 2.02. The van der Waals surface area contributed by atoms with Gasteiger partial charge in [-0.3, -0.25) is 9.59 Å². The topological polar surface area (TPSA) is 118 Å². The zero-order chi connectivity index (χ0) is 11.1. The van der Waals surface area contributed by atoms with E-state index in [0.29, 0.717) is 19.3 Å². The highest BCUT2D eigenvalue weighted by atomic mass is 16.4. The summed E-state index contributed by atoms with van der Waals surface area (Å²) in [5, 5.41) is 11.2. The first-order chi connectivity index (χ1) is 6.49. The minimum Gasteiger partial charge on any atom is -0.480 e. The summed E-state index contributed by atoms with van der Waals surface area (Å²) in [4.78, 5) is 21.1. The fourth-order valence-electron chi connectivity index (χ4n) is 1.09. The Labute approximate surface area is 82.6 Å². The average Bonchev–Trinajstić information content (AvgIpc) is 2.11. The summed E-state index contributed by atoms with van der Waals surface area (Å²) in [6, 6.07) is -1.27. The maximum Gasteiger partial charge on any atom is 0.320 e. The fraction of sp³-hybridized carbons (Fsp3) is 0.750. The number of nitrogens with two attached hydrogens (primary N) is 2. The van der Waals surface area contributed by atoms with Gasteiger partial charge in [-0.1, -0.05) is 0 Å². The van der Waals surface area contributed by atoms with Gasteiger partial charge in [0.2, 0.25) is 5.91 Å². The molecule has 0 heterocycles. The van der Waals surface area contributed by atoms with Gasteiger partial charge in [0.25, 0.3) is 0 Å². The normalized spacial score (nSPS) is 14.7.